The molecule has 130 valence electrons. The van der Waals surface area contributed by atoms with Crippen molar-refractivity contribution in [3.05, 3.63) is 30.1 Å². The number of piperazine rings is 1. The highest BCUT2D eigenvalue weighted by Gasteiger charge is 2.40. The Morgan fingerprint density at radius 1 is 1.08 bits per heavy atom. The molecule has 1 amide bonds. The van der Waals surface area contributed by atoms with Crippen LogP contribution in [-0.2, 0) is 4.79 Å². The van der Waals surface area contributed by atoms with Gasteiger partial charge in [0.25, 0.3) is 0 Å². The predicted molar refractivity (Wildman–Crippen MR) is 92.4 cm³/mol. The van der Waals surface area contributed by atoms with Gasteiger partial charge in [-0.3, -0.25) is 9.69 Å². The molecule has 4 rings (SSSR count). The maximum atomic E-state index is 13.0. The van der Waals surface area contributed by atoms with E-state index in [4.69, 9.17) is 0 Å². The van der Waals surface area contributed by atoms with Crippen molar-refractivity contribution in [3.8, 4) is 0 Å². The van der Waals surface area contributed by atoms with Gasteiger partial charge in [-0.15, -0.1) is 0 Å². The van der Waals surface area contributed by atoms with Crippen molar-refractivity contribution in [2.24, 2.45) is 11.8 Å². The number of fused-ring (bicyclic) bond motifs is 2. The molecular formula is C19H26FN3O. The molecule has 3 aliphatic rings. The molecule has 1 aromatic carbocycles. The van der Waals surface area contributed by atoms with Gasteiger partial charge in [-0.25, -0.2) is 4.39 Å². The first-order valence-electron chi connectivity index (χ1n) is 9.19. The van der Waals surface area contributed by atoms with Crippen LogP contribution in [-0.4, -0.2) is 49.6 Å². The van der Waals surface area contributed by atoms with Crippen molar-refractivity contribution in [3.63, 3.8) is 0 Å². The summed E-state index contributed by atoms with van der Waals surface area (Å²) in [6.45, 7) is 4.02. The van der Waals surface area contributed by atoms with E-state index < -0.39 is 0 Å². The highest BCUT2D eigenvalue weighted by Crippen LogP contribution is 2.44. The molecule has 2 aliphatic carbocycles. The molecule has 0 spiro atoms. The fraction of sp³-hybridized carbons (Fsp3) is 0.632. The van der Waals surface area contributed by atoms with Crippen molar-refractivity contribution >= 4 is 11.6 Å². The average Bonchev–Trinajstić information content (AvgIpc) is 3.19. The second kappa shape index (κ2) is 6.71. The Bertz CT molecular complexity index is 583. The van der Waals surface area contributed by atoms with E-state index in [1.807, 2.05) is 12.1 Å². The fourth-order valence-corrected chi connectivity index (χ4v) is 4.69. The lowest BCUT2D eigenvalue weighted by atomic mass is 9.95. The van der Waals surface area contributed by atoms with Crippen molar-refractivity contribution in [2.75, 3.05) is 37.6 Å². The van der Waals surface area contributed by atoms with Gasteiger partial charge in [0.2, 0.25) is 5.91 Å². The lowest BCUT2D eigenvalue weighted by Crippen LogP contribution is -2.51. The molecule has 3 atom stereocenters. The van der Waals surface area contributed by atoms with Crippen LogP contribution < -0.4 is 10.2 Å². The quantitative estimate of drug-likeness (QED) is 0.919. The summed E-state index contributed by atoms with van der Waals surface area (Å²) in [4.78, 5) is 16.8. The molecule has 0 radical (unpaired) electrons. The van der Waals surface area contributed by atoms with Gasteiger partial charge >= 0.3 is 0 Å². The first-order chi connectivity index (χ1) is 11.7. The number of hydrogen-bond donors (Lipinski definition) is 1. The standard InChI is InChI=1S/C19H26FN3O/c20-16-3-5-17(6-4-16)23-9-7-22(8-10-23)13-19(24)21-18-12-14-1-2-15(18)11-14/h3-6,14-15,18H,1-2,7-13H2,(H,21,24)/t14-,15+,18-/m0/s1. The number of carbonyl (C=O) groups excluding carboxylic acids is 1. The predicted octanol–water partition coefficient (Wildman–Crippen LogP) is 2.25. The van der Waals surface area contributed by atoms with Gasteiger partial charge in [0.1, 0.15) is 5.82 Å². The summed E-state index contributed by atoms with van der Waals surface area (Å²) in [6.07, 6.45) is 5.17. The van der Waals surface area contributed by atoms with Gasteiger partial charge in [0.05, 0.1) is 6.54 Å². The minimum Gasteiger partial charge on any atom is -0.369 e. The zero-order valence-corrected chi connectivity index (χ0v) is 14.1. The molecule has 4 nitrogen and oxygen atoms in total. The van der Waals surface area contributed by atoms with Crippen LogP contribution in [0.2, 0.25) is 0 Å². The largest absolute Gasteiger partial charge is 0.369 e. The minimum absolute atomic E-state index is 0.183. The van der Waals surface area contributed by atoms with E-state index in [-0.39, 0.29) is 11.7 Å². The number of rotatable bonds is 4. The van der Waals surface area contributed by atoms with Gasteiger partial charge < -0.3 is 10.2 Å². The molecule has 24 heavy (non-hydrogen) atoms. The Morgan fingerprint density at radius 3 is 2.46 bits per heavy atom. The summed E-state index contributed by atoms with van der Waals surface area (Å²) in [6, 6.07) is 7.09. The van der Waals surface area contributed by atoms with Crippen molar-refractivity contribution in [1.82, 2.24) is 10.2 Å². The summed E-state index contributed by atoms with van der Waals surface area (Å²) < 4.78 is 13.0. The molecule has 0 unspecified atom stereocenters. The number of anilines is 1. The molecular weight excluding hydrogens is 305 g/mol. The zero-order chi connectivity index (χ0) is 16.5. The van der Waals surface area contributed by atoms with E-state index in [0.29, 0.717) is 12.6 Å². The first-order valence-corrected chi connectivity index (χ1v) is 9.19. The summed E-state index contributed by atoms with van der Waals surface area (Å²) in [5.41, 5.74) is 1.06. The van der Waals surface area contributed by atoms with E-state index in [9.17, 15) is 9.18 Å². The molecule has 2 saturated carbocycles. The maximum Gasteiger partial charge on any atom is 0.234 e. The number of halogens is 1. The van der Waals surface area contributed by atoms with Crippen LogP contribution in [0.1, 0.15) is 25.7 Å². The number of benzene rings is 1. The van der Waals surface area contributed by atoms with Crippen molar-refractivity contribution in [1.29, 1.82) is 0 Å². The first kappa shape index (κ1) is 15.9. The lowest BCUT2D eigenvalue weighted by Gasteiger charge is -2.36. The van der Waals surface area contributed by atoms with Gasteiger partial charge in [0, 0.05) is 37.9 Å². The molecule has 0 aromatic heterocycles. The second-order valence-electron chi connectivity index (χ2n) is 7.59. The van der Waals surface area contributed by atoms with Crippen LogP contribution >= 0.6 is 0 Å². The van der Waals surface area contributed by atoms with E-state index in [0.717, 1.165) is 43.7 Å². The SMILES string of the molecule is O=C(CN1CCN(c2ccc(F)cc2)CC1)N[C@H]1C[C@H]2CC[C@@H]1C2. The van der Waals surface area contributed by atoms with E-state index in [2.05, 4.69) is 15.1 Å². The number of nitrogens with zero attached hydrogens (tertiary/aromatic N) is 2. The number of hydrogen-bond acceptors (Lipinski definition) is 3. The Hall–Kier alpha value is -1.62. The summed E-state index contributed by atoms with van der Waals surface area (Å²) in [7, 11) is 0. The van der Waals surface area contributed by atoms with Crippen molar-refractivity contribution < 1.29 is 9.18 Å². The smallest absolute Gasteiger partial charge is 0.234 e. The number of carbonyl (C=O) groups is 1. The Labute approximate surface area is 143 Å². The summed E-state index contributed by atoms with van der Waals surface area (Å²) in [5, 5.41) is 3.27. The molecule has 1 aliphatic heterocycles. The second-order valence-corrected chi connectivity index (χ2v) is 7.59. The fourth-order valence-electron chi connectivity index (χ4n) is 4.69. The third kappa shape index (κ3) is 3.41. The monoisotopic (exact) mass is 331 g/mol. The molecule has 2 bridgehead atoms. The van der Waals surface area contributed by atoms with Crippen LogP contribution in [0.3, 0.4) is 0 Å². The molecule has 3 fully saturated rings. The van der Waals surface area contributed by atoms with E-state index in [1.54, 1.807) is 0 Å². The Kier molecular flexibility index (Phi) is 4.44. The third-order valence-electron chi connectivity index (χ3n) is 6.02. The number of amides is 1. The van der Waals surface area contributed by atoms with Gasteiger partial charge in [-0.05, 0) is 55.4 Å². The number of nitrogens with one attached hydrogen (secondary N) is 1. The normalized spacial score (nSPS) is 29.9. The van der Waals surface area contributed by atoms with Crippen LogP contribution in [0.15, 0.2) is 24.3 Å². The molecule has 1 N–H and O–H groups in total. The average molecular weight is 331 g/mol. The molecule has 1 heterocycles. The highest BCUT2D eigenvalue weighted by molar-refractivity contribution is 5.78. The zero-order valence-electron chi connectivity index (χ0n) is 14.1. The Morgan fingerprint density at radius 2 is 1.83 bits per heavy atom. The van der Waals surface area contributed by atoms with E-state index in [1.165, 1.54) is 37.8 Å². The van der Waals surface area contributed by atoms with Gasteiger partial charge in [-0.1, -0.05) is 6.42 Å². The molecule has 1 aromatic rings. The van der Waals surface area contributed by atoms with Crippen LogP contribution in [0.5, 0.6) is 0 Å². The Balaban J connectivity index is 1.23. The van der Waals surface area contributed by atoms with Crippen LogP contribution in [0.25, 0.3) is 0 Å². The summed E-state index contributed by atoms with van der Waals surface area (Å²) >= 11 is 0. The highest BCUT2D eigenvalue weighted by atomic mass is 19.1. The van der Waals surface area contributed by atoms with Gasteiger partial charge in [-0.2, -0.15) is 0 Å². The topological polar surface area (TPSA) is 35.6 Å². The molecule has 1 saturated heterocycles. The third-order valence-corrected chi connectivity index (χ3v) is 6.02. The van der Waals surface area contributed by atoms with Crippen LogP contribution in [0, 0.1) is 17.7 Å². The summed E-state index contributed by atoms with van der Waals surface area (Å²) in [5.74, 6) is 1.58. The van der Waals surface area contributed by atoms with Crippen LogP contribution in [0.4, 0.5) is 10.1 Å². The maximum absolute atomic E-state index is 13.0. The lowest BCUT2D eigenvalue weighted by molar-refractivity contribution is -0.123. The van der Waals surface area contributed by atoms with Crippen molar-refractivity contribution in [2.45, 2.75) is 31.7 Å². The van der Waals surface area contributed by atoms with Gasteiger partial charge in [0.15, 0.2) is 0 Å². The minimum atomic E-state index is -0.199. The molecule has 5 heteroatoms. The van der Waals surface area contributed by atoms with E-state index >= 15 is 0 Å².